The summed E-state index contributed by atoms with van der Waals surface area (Å²) < 4.78 is 10.4. The van der Waals surface area contributed by atoms with Crippen molar-refractivity contribution >= 4 is 34.6 Å². The SMILES string of the molecule is COCCOc1ccc(NC(C)=O)cc1NC(N)=S. The maximum absolute atomic E-state index is 11.0. The number of amides is 1. The zero-order valence-corrected chi connectivity index (χ0v) is 11.7. The molecule has 104 valence electrons. The molecule has 1 amide bonds. The lowest BCUT2D eigenvalue weighted by atomic mass is 10.2. The predicted molar refractivity (Wildman–Crippen MR) is 78.5 cm³/mol. The molecule has 0 atom stereocenters. The molecule has 0 aliphatic rings. The van der Waals surface area contributed by atoms with Crippen molar-refractivity contribution in [3.05, 3.63) is 18.2 Å². The Hall–Kier alpha value is -1.86. The molecule has 1 aromatic carbocycles. The lowest BCUT2D eigenvalue weighted by Gasteiger charge is -2.14. The Labute approximate surface area is 117 Å². The van der Waals surface area contributed by atoms with Crippen LogP contribution in [0.1, 0.15) is 6.92 Å². The van der Waals surface area contributed by atoms with Crippen molar-refractivity contribution in [1.82, 2.24) is 0 Å². The van der Waals surface area contributed by atoms with E-state index in [9.17, 15) is 4.79 Å². The van der Waals surface area contributed by atoms with Crippen LogP contribution in [0.4, 0.5) is 11.4 Å². The monoisotopic (exact) mass is 283 g/mol. The molecule has 4 N–H and O–H groups in total. The van der Waals surface area contributed by atoms with Gasteiger partial charge in [0.05, 0.1) is 12.3 Å². The molecule has 1 rings (SSSR count). The molecular formula is C12H17N3O3S. The lowest BCUT2D eigenvalue weighted by molar-refractivity contribution is -0.114. The number of methoxy groups -OCH3 is 1. The highest BCUT2D eigenvalue weighted by Gasteiger charge is 2.07. The third-order valence-electron chi connectivity index (χ3n) is 2.10. The molecule has 0 saturated heterocycles. The van der Waals surface area contributed by atoms with Crippen LogP contribution in [0, 0.1) is 0 Å². The molecule has 0 saturated carbocycles. The van der Waals surface area contributed by atoms with Crippen molar-refractivity contribution in [3.63, 3.8) is 0 Å². The molecule has 6 nitrogen and oxygen atoms in total. The molecule has 0 fully saturated rings. The van der Waals surface area contributed by atoms with Gasteiger partial charge in [-0.25, -0.2) is 0 Å². The van der Waals surface area contributed by atoms with Gasteiger partial charge < -0.3 is 25.8 Å². The van der Waals surface area contributed by atoms with Crippen molar-refractivity contribution in [3.8, 4) is 5.75 Å². The summed E-state index contributed by atoms with van der Waals surface area (Å²) in [6, 6.07) is 5.15. The number of benzene rings is 1. The molecule has 0 unspecified atom stereocenters. The first-order valence-corrected chi connectivity index (χ1v) is 6.03. The standard InChI is InChI=1S/C12H17N3O3S/c1-8(16)14-9-3-4-11(18-6-5-17-2)10(7-9)15-12(13)19/h3-4,7H,5-6H2,1-2H3,(H,14,16)(H3,13,15,19). The van der Waals surface area contributed by atoms with E-state index in [1.807, 2.05) is 0 Å². The maximum Gasteiger partial charge on any atom is 0.221 e. The fraction of sp³-hybridized carbons (Fsp3) is 0.333. The minimum absolute atomic E-state index is 0.122. The summed E-state index contributed by atoms with van der Waals surface area (Å²) in [6.45, 7) is 2.31. The number of hydrogen-bond donors (Lipinski definition) is 3. The van der Waals surface area contributed by atoms with E-state index in [0.29, 0.717) is 30.3 Å². The van der Waals surface area contributed by atoms with Gasteiger partial charge in [0, 0.05) is 19.7 Å². The zero-order chi connectivity index (χ0) is 14.3. The van der Waals surface area contributed by atoms with Crippen LogP contribution < -0.4 is 21.1 Å². The van der Waals surface area contributed by atoms with E-state index in [2.05, 4.69) is 10.6 Å². The normalized spacial score (nSPS) is 9.79. The number of carbonyl (C=O) groups excluding carboxylic acids is 1. The number of nitrogens with one attached hydrogen (secondary N) is 2. The molecule has 7 heteroatoms. The molecule has 0 bridgehead atoms. The van der Waals surface area contributed by atoms with Gasteiger partial charge in [0.15, 0.2) is 5.11 Å². The summed E-state index contributed by atoms with van der Waals surface area (Å²) >= 11 is 4.80. The number of anilines is 2. The smallest absolute Gasteiger partial charge is 0.221 e. The maximum atomic E-state index is 11.0. The van der Waals surface area contributed by atoms with Crippen LogP contribution in [-0.2, 0) is 9.53 Å². The van der Waals surface area contributed by atoms with E-state index in [4.69, 9.17) is 27.4 Å². The van der Waals surface area contributed by atoms with Gasteiger partial charge in [0.2, 0.25) is 5.91 Å². The number of hydrogen-bond acceptors (Lipinski definition) is 4. The van der Waals surface area contributed by atoms with Crippen LogP contribution in [0.15, 0.2) is 18.2 Å². The second kappa shape index (κ2) is 7.55. The fourth-order valence-electron chi connectivity index (χ4n) is 1.40. The Morgan fingerprint density at radius 1 is 1.37 bits per heavy atom. The van der Waals surface area contributed by atoms with E-state index >= 15 is 0 Å². The Morgan fingerprint density at radius 3 is 2.68 bits per heavy atom. The molecule has 1 aromatic rings. The Kier molecular flexibility index (Phi) is 6.04. The highest BCUT2D eigenvalue weighted by Crippen LogP contribution is 2.28. The van der Waals surface area contributed by atoms with Crippen LogP contribution >= 0.6 is 12.2 Å². The van der Waals surface area contributed by atoms with E-state index in [1.54, 1.807) is 25.3 Å². The molecule has 0 heterocycles. The van der Waals surface area contributed by atoms with E-state index in [0.717, 1.165) is 0 Å². The summed E-state index contributed by atoms with van der Waals surface area (Å²) in [5.74, 6) is 0.424. The molecule has 0 spiro atoms. The van der Waals surface area contributed by atoms with Crippen LogP contribution in [0.2, 0.25) is 0 Å². The summed E-state index contributed by atoms with van der Waals surface area (Å²) in [6.07, 6.45) is 0. The molecule has 19 heavy (non-hydrogen) atoms. The number of carbonyl (C=O) groups is 1. The highest BCUT2D eigenvalue weighted by atomic mass is 32.1. The van der Waals surface area contributed by atoms with Crippen LogP contribution in [0.25, 0.3) is 0 Å². The average Bonchev–Trinajstić information content (AvgIpc) is 2.30. The third kappa shape index (κ3) is 5.54. The highest BCUT2D eigenvalue weighted by molar-refractivity contribution is 7.80. The van der Waals surface area contributed by atoms with E-state index in [1.165, 1.54) is 6.92 Å². The van der Waals surface area contributed by atoms with Gasteiger partial charge in [0.25, 0.3) is 0 Å². The first kappa shape index (κ1) is 15.2. The van der Waals surface area contributed by atoms with Crippen molar-refractivity contribution in [2.45, 2.75) is 6.92 Å². The number of ether oxygens (including phenoxy) is 2. The van der Waals surface area contributed by atoms with Gasteiger partial charge in [-0.3, -0.25) is 4.79 Å². The van der Waals surface area contributed by atoms with Crippen LogP contribution in [0.3, 0.4) is 0 Å². The minimum Gasteiger partial charge on any atom is -0.489 e. The lowest BCUT2D eigenvalue weighted by Crippen LogP contribution is -2.20. The number of rotatable bonds is 6. The Bertz CT molecular complexity index is 466. The van der Waals surface area contributed by atoms with E-state index in [-0.39, 0.29) is 11.0 Å². The quantitative estimate of drug-likeness (QED) is 0.539. The van der Waals surface area contributed by atoms with Gasteiger partial charge in [-0.2, -0.15) is 0 Å². The van der Waals surface area contributed by atoms with Gasteiger partial charge in [-0.1, -0.05) is 0 Å². The third-order valence-corrected chi connectivity index (χ3v) is 2.20. The first-order valence-electron chi connectivity index (χ1n) is 5.62. The van der Waals surface area contributed by atoms with Crippen LogP contribution in [-0.4, -0.2) is 31.3 Å². The van der Waals surface area contributed by atoms with Crippen molar-refractivity contribution < 1.29 is 14.3 Å². The first-order chi connectivity index (χ1) is 9.02. The molecule has 0 aliphatic carbocycles. The zero-order valence-electron chi connectivity index (χ0n) is 10.9. The minimum atomic E-state index is -0.158. The molecule has 0 radical (unpaired) electrons. The van der Waals surface area contributed by atoms with Crippen molar-refractivity contribution in [1.29, 1.82) is 0 Å². The largest absolute Gasteiger partial charge is 0.489 e. The second-order valence-corrected chi connectivity index (χ2v) is 4.16. The molecule has 0 aliphatic heterocycles. The topological polar surface area (TPSA) is 85.6 Å². The molecular weight excluding hydrogens is 266 g/mol. The summed E-state index contributed by atoms with van der Waals surface area (Å²) in [5, 5.41) is 5.60. The van der Waals surface area contributed by atoms with Gasteiger partial charge in [0.1, 0.15) is 12.4 Å². The Morgan fingerprint density at radius 2 is 2.11 bits per heavy atom. The van der Waals surface area contributed by atoms with Gasteiger partial charge in [-0.05, 0) is 30.4 Å². The fourth-order valence-corrected chi connectivity index (χ4v) is 1.51. The predicted octanol–water partition coefficient (Wildman–Crippen LogP) is 1.33. The van der Waals surface area contributed by atoms with Gasteiger partial charge >= 0.3 is 0 Å². The van der Waals surface area contributed by atoms with Crippen molar-refractivity contribution in [2.75, 3.05) is 31.0 Å². The summed E-state index contributed by atoms with van der Waals surface area (Å²) in [4.78, 5) is 11.0. The van der Waals surface area contributed by atoms with E-state index < -0.39 is 0 Å². The van der Waals surface area contributed by atoms with Crippen LogP contribution in [0.5, 0.6) is 5.75 Å². The Balaban J connectivity index is 2.88. The second-order valence-electron chi connectivity index (χ2n) is 3.72. The number of nitrogens with two attached hydrogens (primary N) is 1. The van der Waals surface area contributed by atoms with Gasteiger partial charge in [-0.15, -0.1) is 0 Å². The van der Waals surface area contributed by atoms with Crippen molar-refractivity contribution in [2.24, 2.45) is 5.73 Å². The summed E-state index contributed by atoms with van der Waals surface area (Å²) in [5.41, 5.74) is 6.67. The average molecular weight is 283 g/mol. The number of thiocarbonyl (C=S) groups is 1. The molecule has 0 aromatic heterocycles. The summed E-state index contributed by atoms with van der Waals surface area (Å²) in [7, 11) is 1.59.